The summed E-state index contributed by atoms with van der Waals surface area (Å²) < 4.78 is 10.5. The number of ketones is 1. The van der Waals surface area contributed by atoms with Gasteiger partial charge < -0.3 is 9.47 Å². The number of hydrogen-bond donors (Lipinski definition) is 0. The maximum Gasteiger partial charge on any atom is 0.310 e. The van der Waals surface area contributed by atoms with Gasteiger partial charge in [-0.2, -0.15) is 0 Å². The Balaban J connectivity index is 1.84. The van der Waals surface area contributed by atoms with Gasteiger partial charge in [0.1, 0.15) is 19.0 Å². The molecule has 2 aromatic rings. The minimum absolute atomic E-state index is 0.0221. The van der Waals surface area contributed by atoms with E-state index in [1.54, 1.807) is 30.3 Å². The zero-order chi connectivity index (χ0) is 18.2. The standard InChI is InChI=1S/C18H17NO6/c1-13(20)15-7-3-5-9-17(15)24-10-11-25-18(21)12-14-6-2-4-8-16(14)19(22)23/h2-9H,10-12H2,1H3. The van der Waals surface area contributed by atoms with Crippen molar-refractivity contribution in [2.24, 2.45) is 0 Å². The van der Waals surface area contributed by atoms with Gasteiger partial charge in [0.2, 0.25) is 0 Å². The first kappa shape index (κ1) is 18.1. The molecule has 0 saturated heterocycles. The number of nitro groups is 1. The van der Waals surface area contributed by atoms with Crippen LogP contribution in [-0.2, 0) is 16.0 Å². The van der Waals surface area contributed by atoms with Crippen LogP contribution in [0.25, 0.3) is 0 Å². The number of ether oxygens (including phenoxy) is 2. The first-order valence-electron chi connectivity index (χ1n) is 7.59. The molecule has 0 bridgehead atoms. The van der Waals surface area contributed by atoms with E-state index in [1.165, 1.54) is 25.1 Å². The average Bonchev–Trinajstić information content (AvgIpc) is 2.59. The summed E-state index contributed by atoms with van der Waals surface area (Å²) in [6, 6.07) is 12.8. The van der Waals surface area contributed by atoms with E-state index in [1.807, 2.05) is 0 Å². The van der Waals surface area contributed by atoms with Gasteiger partial charge in [0.25, 0.3) is 5.69 Å². The molecule has 0 unspecified atom stereocenters. The third-order valence-electron chi connectivity index (χ3n) is 3.39. The van der Waals surface area contributed by atoms with Gasteiger partial charge in [-0.15, -0.1) is 0 Å². The normalized spacial score (nSPS) is 10.1. The maximum atomic E-state index is 11.8. The van der Waals surface area contributed by atoms with Crippen LogP contribution in [0.2, 0.25) is 0 Å². The number of carbonyl (C=O) groups is 2. The smallest absolute Gasteiger partial charge is 0.310 e. The minimum Gasteiger partial charge on any atom is -0.489 e. The monoisotopic (exact) mass is 343 g/mol. The van der Waals surface area contributed by atoms with E-state index in [2.05, 4.69) is 0 Å². The summed E-state index contributed by atoms with van der Waals surface area (Å²) in [5.74, 6) is -0.286. The Kier molecular flexibility index (Phi) is 6.22. The predicted octanol–water partition coefficient (Wildman–Crippen LogP) is 2.96. The fraction of sp³-hybridized carbons (Fsp3) is 0.222. The quantitative estimate of drug-likeness (QED) is 0.240. The number of benzene rings is 2. The van der Waals surface area contributed by atoms with E-state index in [-0.39, 0.29) is 31.1 Å². The van der Waals surface area contributed by atoms with Crippen molar-refractivity contribution in [2.75, 3.05) is 13.2 Å². The molecule has 0 saturated carbocycles. The van der Waals surface area contributed by atoms with Crippen molar-refractivity contribution < 1.29 is 24.0 Å². The second-order valence-electron chi connectivity index (χ2n) is 5.18. The van der Waals surface area contributed by atoms with Gasteiger partial charge in [-0.05, 0) is 19.1 Å². The number of nitro benzene ring substituents is 1. The van der Waals surface area contributed by atoms with Gasteiger partial charge in [0.05, 0.1) is 16.9 Å². The molecule has 25 heavy (non-hydrogen) atoms. The Morgan fingerprint density at radius 3 is 2.44 bits per heavy atom. The summed E-state index contributed by atoms with van der Waals surface area (Å²) >= 11 is 0. The van der Waals surface area contributed by atoms with E-state index in [4.69, 9.17) is 9.47 Å². The Bertz CT molecular complexity index is 787. The molecular formula is C18H17NO6. The molecule has 2 rings (SSSR count). The summed E-state index contributed by atoms with van der Waals surface area (Å²) in [5.41, 5.74) is 0.625. The molecule has 0 aromatic heterocycles. The van der Waals surface area contributed by atoms with Crippen LogP contribution >= 0.6 is 0 Å². The predicted molar refractivity (Wildman–Crippen MR) is 89.7 cm³/mol. The lowest BCUT2D eigenvalue weighted by Crippen LogP contribution is -2.15. The largest absolute Gasteiger partial charge is 0.489 e. The van der Waals surface area contributed by atoms with Crippen LogP contribution < -0.4 is 4.74 Å². The first-order valence-corrected chi connectivity index (χ1v) is 7.59. The van der Waals surface area contributed by atoms with Crippen LogP contribution in [0.1, 0.15) is 22.8 Å². The molecule has 0 atom stereocenters. The lowest BCUT2D eigenvalue weighted by molar-refractivity contribution is -0.385. The highest BCUT2D eigenvalue weighted by molar-refractivity contribution is 5.96. The molecule has 0 N–H and O–H groups in total. The molecule has 7 nitrogen and oxygen atoms in total. The topological polar surface area (TPSA) is 95.7 Å². The van der Waals surface area contributed by atoms with E-state index in [9.17, 15) is 19.7 Å². The number of carbonyl (C=O) groups excluding carboxylic acids is 2. The molecular weight excluding hydrogens is 326 g/mol. The zero-order valence-electron chi connectivity index (χ0n) is 13.6. The number of hydrogen-bond acceptors (Lipinski definition) is 6. The van der Waals surface area contributed by atoms with Crippen molar-refractivity contribution in [2.45, 2.75) is 13.3 Å². The van der Waals surface area contributed by atoms with E-state index >= 15 is 0 Å². The van der Waals surface area contributed by atoms with Crippen LogP contribution in [0.15, 0.2) is 48.5 Å². The van der Waals surface area contributed by atoms with Crippen molar-refractivity contribution in [3.8, 4) is 5.75 Å². The van der Waals surface area contributed by atoms with Crippen molar-refractivity contribution in [1.29, 1.82) is 0 Å². The number of rotatable bonds is 8. The van der Waals surface area contributed by atoms with Gasteiger partial charge in [-0.25, -0.2) is 0 Å². The summed E-state index contributed by atoms with van der Waals surface area (Å²) in [6.07, 6.45) is -0.193. The number of esters is 1. The highest BCUT2D eigenvalue weighted by atomic mass is 16.6. The van der Waals surface area contributed by atoms with Crippen molar-refractivity contribution in [3.05, 3.63) is 69.8 Å². The van der Waals surface area contributed by atoms with Crippen LogP contribution in [0.3, 0.4) is 0 Å². The van der Waals surface area contributed by atoms with Crippen LogP contribution in [0.4, 0.5) is 5.69 Å². The van der Waals surface area contributed by atoms with Gasteiger partial charge >= 0.3 is 5.97 Å². The Labute approximate surface area is 144 Å². The zero-order valence-corrected chi connectivity index (χ0v) is 13.6. The summed E-state index contributed by atoms with van der Waals surface area (Å²) in [5, 5.41) is 10.9. The maximum absolute atomic E-state index is 11.8. The Morgan fingerprint density at radius 1 is 1.04 bits per heavy atom. The summed E-state index contributed by atoms with van der Waals surface area (Å²) in [7, 11) is 0. The fourth-order valence-electron chi connectivity index (χ4n) is 2.24. The average molecular weight is 343 g/mol. The molecule has 7 heteroatoms. The fourth-order valence-corrected chi connectivity index (χ4v) is 2.24. The molecule has 0 aliphatic heterocycles. The van der Waals surface area contributed by atoms with Crippen molar-refractivity contribution in [3.63, 3.8) is 0 Å². The van der Waals surface area contributed by atoms with E-state index in [0.717, 1.165) is 0 Å². The lowest BCUT2D eigenvalue weighted by Gasteiger charge is -2.10. The Hall–Kier alpha value is -3.22. The summed E-state index contributed by atoms with van der Waals surface area (Å²) in [6.45, 7) is 1.49. The molecule has 0 aliphatic rings. The third-order valence-corrected chi connectivity index (χ3v) is 3.39. The molecule has 0 spiro atoms. The van der Waals surface area contributed by atoms with Gasteiger partial charge in [-0.1, -0.05) is 30.3 Å². The van der Waals surface area contributed by atoms with Gasteiger partial charge in [-0.3, -0.25) is 19.7 Å². The third kappa shape index (κ3) is 5.13. The highest BCUT2D eigenvalue weighted by Crippen LogP contribution is 2.19. The molecule has 2 aromatic carbocycles. The van der Waals surface area contributed by atoms with Crippen LogP contribution in [0.5, 0.6) is 5.75 Å². The van der Waals surface area contributed by atoms with Crippen molar-refractivity contribution in [1.82, 2.24) is 0 Å². The van der Waals surface area contributed by atoms with E-state index < -0.39 is 10.9 Å². The number of Topliss-reactive ketones (excluding diaryl/α,β-unsaturated/α-hetero) is 1. The lowest BCUT2D eigenvalue weighted by atomic mass is 10.1. The van der Waals surface area contributed by atoms with E-state index in [0.29, 0.717) is 16.9 Å². The second-order valence-corrected chi connectivity index (χ2v) is 5.18. The molecule has 0 radical (unpaired) electrons. The SMILES string of the molecule is CC(=O)c1ccccc1OCCOC(=O)Cc1ccccc1[N+](=O)[O-]. The van der Waals surface area contributed by atoms with Gasteiger partial charge in [0.15, 0.2) is 5.78 Å². The Morgan fingerprint density at radius 2 is 1.72 bits per heavy atom. The number of nitrogens with zero attached hydrogens (tertiary/aromatic N) is 1. The number of para-hydroxylation sites is 2. The molecule has 0 fully saturated rings. The van der Waals surface area contributed by atoms with Crippen LogP contribution in [0, 0.1) is 10.1 Å². The molecule has 0 amide bonds. The second kappa shape index (κ2) is 8.58. The molecule has 0 aliphatic carbocycles. The van der Waals surface area contributed by atoms with Crippen molar-refractivity contribution >= 4 is 17.4 Å². The molecule has 130 valence electrons. The van der Waals surface area contributed by atoms with Crippen LogP contribution in [-0.4, -0.2) is 29.9 Å². The molecule has 0 heterocycles. The minimum atomic E-state index is -0.585. The summed E-state index contributed by atoms with van der Waals surface area (Å²) in [4.78, 5) is 33.7. The first-order chi connectivity index (χ1) is 12.0. The van der Waals surface area contributed by atoms with Gasteiger partial charge in [0, 0.05) is 11.6 Å². The highest BCUT2D eigenvalue weighted by Gasteiger charge is 2.16.